The minimum Gasteiger partial charge on any atom is -0.438 e. The zero-order valence-corrected chi connectivity index (χ0v) is 3.43. The monoisotopic (exact) mass is 89.0 g/mol. The van der Waals surface area contributed by atoms with Crippen molar-refractivity contribution in [1.82, 2.24) is 0 Å². The number of methoxy groups -OCH3 is 1. The predicted molar refractivity (Wildman–Crippen MR) is 18.8 cm³/mol. The van der Waals surface area contributed by atoms with Gasteiger partial charge in [-0.2, -0.15) is 0 Å². The second kappa shape index (κ2) is 2.50. The molecule has 0 saturated carbocycles. The maximum Gasteiger partial charge on any atom is 0.508 e. The van der Waals surface area contributed by atoms with Crippen LogP contribution in [0.2, 0.25) is 0 Å². The van der Waals surface area contributed by atoms with E-state index in [2.05, 4.69) is 16.6 Å². The van der Waals surface area contributed by atoms with Crippen molar-refractivity contribution < 1.29 is 14.3 Å². The van der Waals surface area contributed by atoms with Crippen molar-refractivity contribution in [3.05, 3.63) is 7.11 Å². The third-order valence-electron chi connectivity index (χ3n) is 0.285. The lowest BCUT2D eigenvalue weighted by molar-refractivity contribution is 0.104. The molecule has 0 aliphatic carbocycles. The highest BCUT2D eigenvalue weighted by molar-refractivity contribution is 5.59. The van der Waals surface area contributed by atoms with Crippen LogP contribution in [0, 0.1) is 7.11 Å². The van der Waals surface area contributed by atoms with Gasteiger partial charge in [0.2, 0.25) is 0 Å². The summed E-state index contributed by atoms with van der Waals surface area (Å²) >= 11 is 0. The Morgan fingerprint density at radius 1 is 1.83 bits per heavy atom. The summed E-state index contributed by atoms with van der Waals surface area (Å²) in [6.07, 6.45) is -0.769. The van der Waals surface area contributed by atoms with Gasteiger partial charge in [-0.25, -0.2) is 4.79 Å². The Hall–Kier alpha value is -0.730. The van der Waals surface area contributed by atoms with E-state index in [9.17, 15) is 4.79 Å². The van der Waals surface area contributed by atoms with Crippen LogP contribution in [0.15, 0.2) is 0 Å². The summed E-state index contributed by atoms with van der Waals surface area (Å²) < 4.78 is 7.76. The molecule has 0 saturated heterocycles. The Labute approximate surface area is 35.9 Å². The first-order chi connectivity index (χ1) is 2.81. The van der Waals surface area contributed by atoms with E-state index in [4.69, 9.17) is 0 Å². The van der Waals surface area contributed by atoms with Crippen LogP contribution in [-0.4, -0.2) is 13.3 Å². The quantitative estimate of drug-likeness (QED) is 0.407. The first kappa shape index (κ1) is 5.27. The summed E-state index contributed by atoms with van der Waals surface area (Å²) in [4.78, 5) is 9.67. The first-order valence-electron chi connectivity index (χ1n) is 1.31. The van der Waals surface area contributed by atoms with Crippen LogP contribution in [-0.2, 0) is 9.47 Å². The minimum atomic E-state index is -0.769. The number of carbonyl (C=O) groups excluding carboxylic acids is 1. The van der Waals surface area contributed by atoms with Crippen LogP contribution in [0.1, 0.15) is 0 Å². The molecule has 3 nitrogen and oxygen atoms in total. The Balaban J connectivity index is 2.99. The summed E-state index contributed by atoms with van der Waals surface area (Å²) in [6, 6.07) is 0. The van der Waals surface area contributed by atoms with Crippen molar-refractivity contribution in [2.24, 2.45) is 0 Å². The van der Waals surface area contributed by atoms with Crippen LogP contribution in [0.4, 0.5) is 4.79 Å². The lowest BCUT2D eigenvalue weighted by Gasteiger charge is -1.89. The van der Waals surface area contributed by atoms with Gasteiger partial charge in [0.15, 0.2) is 0 Å². The topological polar surface area (TPSA) is 35.5 Å². The van der Waals surface area contributed by atoms with Crippen molar-refractivity contribution in [2.45, 2.75) is 0 Å². The van der Waals surface area contributed by atoms with Crippen molar-refractivity contribution in [3.63, 3.8) is 0 Å². The van der Waals surface area contributed by atoms with E-state index in [-0.39, 0.29) is 0 Å². The van der Waals surface area contributed by atoms with E-state index in [1.807, 2.05) is 0 Å². The molecular weight excluding hydrogens is 84.0 g/mol. The molecular formula is C3H5O3. The lowest BCUT2D eigenvalue weighted by atomic mass is 11.3. The predicted octanol–water partition coefficient (Wildman–Crippen LogP) is 0.561. The van der Waals surface area contributed by atoms with Crippen LogP contribution < -0.4 is 0 Å². The van der Waals surface area contributed by atoms with E-state index in [0.717, 1.165) is 0 Å². The molecule has 0 atom stereocenters. The molecule has 0 unspecified atom stereocenters. The van der Waals surface area contributed by atoms with Gasteiger partial charge in [0.05, 0.1) is 7.11 Å². The highest BCUT2D eigenvalue weighted by atomic mass is 16.7. The molecule has 0 N–H and O–H groups in total. The fourth-order valence-electron chi connectivity index (χ4n) is 0.0589. The van der Waals surface area contributed by atoms with E-state index >= 15 is 0 Å². The maximum absolute atomic E-state index is 9.67. The van der Waals surface area contributed by atoms with E-state index in [1.54, 1.807) is 0 Å². The van der Waals surface area contributed by atoms with Gasteiger partial charge in [-0.05, 0) is 0 Å². The summed E-state index contributed by atoms with van der Waals surface area (Å²) in [6.45, 7) is 0. The Bertz CT molecular complexity index is 44.0. The Kier molecular flexibility index (Phi) is 2.20. The summed E-state index contributed by atoms with van der Waals surface area (Å²) in [7, 11) is 4.00. The van der Waals surface area contributed by atoms with Crippen LogP contribution in [0.3, 0.4) is 0 Å². The van der Waals surface area contributed by atoms with Gasteiger partial charge in [0.1, 0.15) is 7.11 Å². The number of hydrogen-bond acceptors (Lipinski definition) is 3. The molecule has 0 aliphatic rings. The molecule has 1 radical (unpaired) electrons. The molecule has 0 fully saturated rings. The average molecular weight is 89.1 g/mol. The average Bonchev–Trinajstić information content (AvgIpc) is 1.65. The number of carbonyl (C=O) groups is 1. The summed E-state index contributed by atoms with van der Waals surface area (Å²) in [5.74, 6) is 0. The third-order valence-corrected chi connectivity index (χ3v) is 0.285. The van der Waals surface area contributed by atoms with Gasteiger partial charge in [0.25, 0.3) is 0 Å². The van der Waals surface area contributed by atoms with Crippen molar-refractivity contribution in [1.29, 1.82) is 0 Å². The van der Waals surface area contributed by atoms with Gasteiger partial charge in [0, 0.05) is 0 Å². The molecule has 0 spiro atoms. The number of rotatable bonds is 0. The van der Waals surface area contributed by atoms with Crippen molar-refractivity contribution in [3.8, 4) is 0 Å². The second-order valence-electron chi connectivity index (χ2n) is 0.598. The fourth-order valence-corrected chi connectivity index (χ4v) is 0.0589. The molecule has 0 aromatic carbocycles. The minimum absolute atomic E-state index is 0.769. The molecule has 0 aromatic rings. The highest BCUT2D eigenvalue weighted by Gasteiger charge is 1.89. The van der Waals surface area contributed by atoms with Gasteiger partial charge >= 0.3 is 6.16 Å². The van der Waals surface area contributed by atoms with Gasteiger partial charge in [-0.1, -0.05) is 0 Å². The molecule has 0 rings (SSSR count). The smallest absolute Gasteiger partial charge is 0.438 e. The normalized spacial score (nSPS) is 7.00. The highest BCUT2D eigenvalue weighted by Crippen LogP contribution is 1.74. The standard InChI is InChI=1S/C3H5O3/c1-5-3(4)6-2/h1H2,2H3. The lowest BCUT2D eigenvalue weighted by Crippen LogP contribution is -1.96. The SMILES string of the molecule is [CH2]OC(=O)OC. The zero-order valence-electron chi connectivity index (χ0n) is 3.43. The summed E-state index contributed by atoms with van der Waals surface area (Å²) in [5.41, 5.74) is 0. The Morgan fingerprint density at radius 3 is 2.33 bits per heavy atom. The van der Waals surface area contributed by atoms with Crippen LogP contribution >= 0.6 is 0 Å². The molecule has 0 bridgehead atoms. The Morgan fingerprint density at radius 2 is 2.33 bits per heavy atom. The molecule has 0 amide bonds. The van der Waals surface area contributed by atoms with E-state index in [1.165, 1.54) is 7.11 Å². The molecule has 35 valence electrons. The molecule has 0 aromatic heterocycles. The van der Waals surface area contributed by atoms with Crippen molar-refractivity contribution >= 4 is 6.16 Å². The number of hydrogen-bond donors (Lipinski definition) is 0. The van der Waals surface area contributed by atoms with Gasteiger partial charge in [-0.3, -0.25) is 0 Å². The van der Waals surface area contributed by atoms with E-state index < -0.39 is 6.16 Å². The van der Waals surface area contributed by atoms with Crippen molar-refractivity contribution in [2.75, 3.05) is 7.11 Å². The molecule has 0 aliphatic heterocycles. The second-order valence-corrected chi connectivity index (χ2v) is 0.598. The first-order valence-corrected chi connectivity index (χ1v) is 1.31. The van der Waals surface area contributed by atoms with Gasteiger partial charge in [-0.15, -0.1) is 0 Å². The number of ether oxygens (including phenoxy) is 2. The molecule has 3 heteroatoms. The van der Waals surface area contributed by atoms with Gasteiger partial charge < -0.3 is 9.47 Å². The van der Waals surface area contributed by atoms with Crippen LogP contribution in [0.25, 0.3) is 0 Å². The summed E-state index contributed by atoms with van der Waals surface area (Å²) in [5, 5.41) is 0. The molecule has 0 heterocycles. The largest absolute Gasteiger partial charge is 0.508 e. The molecule has 6 heavy (non-hydrogen) atoms. The third kappa shape index (κ3) is 1.58. The zero-order chi connectivity index (χ0) is 4.99. The maximum atomic E-state index is 9.67. The van der Waals surface area contributed by atoms with E-state index in [0.29, 0.717) is 0 Å². The fraction of sp³-hybridized carbons (Fsp3) is 0.333. The van der Waals surface area contributed by atoms with Crippen LogP contribution in [0.5, 0.6) is 0 Å².